The Morgan fingerprint density at radius 1 is 0.927 bits per heavy atom. The largest absolute Gasteiger partial charge is 0.437 e. The van der Waals surface area contributed by atoms with Gasteiger partial charge in [0, 0.05) is 29.9 Å². The first-order valence-corrected chi connectivity index (χ1v) is 16.3. The first-order valence-electron chi connectivity index (χ1n) is 14.6. The summed E-state index contributed by atoms with van der Waals surface area (Å²) >= 11 is 0. The molecule has 0 bridgehead atoms. The van der Waals surface area contributed by atoms with Crippen LogP contribution in [0.4, 0.5) is 5.95 Å². The average molecular weight is 572 g/mol. The fourth-order valence-corrected chi connectivity index (χ4v) is 8.16. The summed E-state index contributed by atoms with van der Waals surface area (Å²) in [5, 5.41) is 4.98. The minimum Gasteiger partial charge on any atom is -0.437 e. The van der Waals surface area contributed by atoms with Gasteiger partial charge in [-0.25, -0.2) is 23.4 Å². The molecule has 3 N–H and O–H groups in total. The number of rotatable bonds is 8. The number of hydrogen-bond acceptors (Lipinski definition) is 8. The third-order valence-corrected chi connectivity index (χ3v) is 10.6. The standard InChI is InChI=1S/C32H37N5O3S/c1-21-19-22(20-41(38,39)25-7-2-3-8-25)26-9-4-5-10-27(26)30(21)40-31-28(11-6-17-34-31)29-16-18-35-32(37-29)36-24-14-12-23(33)13-15-24/h4-6,9-11,16-19,23-25H,2-3,7-8,12-15,20,33H2,1H3,(H,35,36,37). The number of benzene rings is 2. The van der Waals surface area contributed by atoms with E-state index in [9.17, 15) is 8.42 Å². The zero-order valence-electron chi connectivity index (χ0n) is 23.4. The maximum absolute atomic E-state index is 13.2. The molecule has 2 saturated carbocycles. The van der Waals surface area contributed by atoms with E-state index in [1.807, 2.05) is 55.5 Å². The predicted molar refractivity (Wildman–Crippen MR) is 163 cm³/mol. The molecule has 2 aromatic heterocycles. The van der Waals surface area contributed by atoms with Gasteiger partial charge in [0.2, 0.25) is 11.8 Å². The molecule has 8 nitrogen and oxygen atoms in total. The summed E-state index contributed by atoms with van der Waals surface area (Å²) in [6.45, 7) is 1.96. The minimum atomic E-state index is -3.23. The van der Waals surface area contributed by atoms with Crippen LogP contribution in [0.2, 0.25) is 0 Å². The van der Waals surface area contributed by atoms with E-state index >= 15 is 0 Å². The Labute approximate surface area is 241 Å². The maximum Gasteiger partial charge on any atom is 0.228 e. The van der Waals surface area contributed by atoms with Gasteiger partial charge in [0.05, 0.1) is 22.3 Å². The summed E-state index contributed by atoms with van der Waals surface area (Å²) in [5.74, 6) is 1.71. The molecule has 41 heavy (non-hydrogen) atoms. The van der Waals surface area contributed by atoms with Crippen molar-refractivity contribution in [3.8, 4) is 22.9 Å². The van der Waals surface area contributed by atoms with Gasteiger partial charge in [0.1, 0.15) is 5.75 Å². The molecule has 0 unspecified atom stereocenters. The Balaban J connectivity index is 1.31. The van der Waals surface area contributed by atoms with Gasteiger partial charge in [-0.2, -0.15) is 0 Å². The fourth-order valence-electron chi connectivity index (χ4n) is 6.20. The lowest BCUT2D eigenvalue weighted by atomic mass is 9.92. The monoisotopic (exact) mass is 571 g/mol. The molecule has 0 aliphatic heterocycles. The second-order valence-electron chi connectivity index (χ2n) is 11.4. The summed E-state index contributed by atoms with van der Waals surface area (Å²) in [4.78, 5) is 13.8. The highest BCUT2D eigenvalue weighted by atomic mass is 32.2. The first kappa shape index (κ1) is 27.6. The molecule has 2 aromatic carbocycles. The van der Waals surface area contributed by atoms with Crippen molar-refractivity contribution >= 4 is 26.6 Å². The highest BCUT2D eigenvalue weighted by Crippen LogP contribution is 2.39. The summed E-state index contributed by atoms with van der Waals surface area (Å²) < 4.78 is 33.0. The molecule has 2 aliphatic carbocycles. The lowest BCUT2D eigenvalue weighted by molar-refractivity contribution is 0.410. The van der Waals surface area contributed by atoms with E-state index in [0.29, 0.717) is 29.3 Å². The number of nitrogens with one attached hydrogen (secondary N) is 1. The van der Waals surface area contributed by atoms with E-state index in [1.165, 1.54) is 0 Å². The molecular weight excluding hydrogens is 534 g/mol. The van der Waals surface area contributed by atoms with Crippen LogP contribution in [-0.4, -0.2) is 40.7 Å². The zero-order valence-corrected chi connectivity index (χ0v) is 24.2. The number of ether oxygens (including phenoxy) is 1. The van der Waals surface area contributed by atoms with E-state index in [-0.39, 0.29) is 17.0 Å². The van der Waals surface area contributed by atoms with Crippen LogP contribution in [0, 0.1) is 6.92 Å². The third-order valence-electron chi connectivity index (χ3n) is 8.44. The van der Waals surface area contributed by atoms with Crippen molar-refractivity contribution in [3.05, 3.63) is 72.1 Å². The Morgan fingerprint density at radius 2 is 1.68 bits per heavy atom. The highest BCUT2D eigenvalue weighted by Gasteiger charge is 2.30. The Hall–Kier alpha value is -3.56. The van der Waals surface area contributed by atoms with Crippen LogP contribution in [0.3, 0.4) is 0 Å². The van der Waals surface area contributed by atoms with Crippen molar-refractivity contribution in [1.82, 2.24) is 15.0 Å². The van der Waals surface area contributed by atoms with Crippen molar-refractivity contribution in [3.63, 3.8) is 0 Å². The Morgan fingerprint density at radius 3 is 2.46 bits per heavy atom. The van der Waals surface area contributed by atoms with Crippen molar-refractivity contribution in [2.24, 2.45) is 5.73 Å². The molecule has 6 rings (SSSR count). The first-order chi connectivity index (χ1) is 19.9. The number of nitrogens with two attached hydrogens (primary N) is 1. The van der Waals surface area contributed by atoms with Crippen LogP contribution in [0.1, 0.15) is 62.5 Å². The van der Waals surface area contributed by atoms with E-state index in [0.717, 1.165) is 78.8 Å². The molecular formula is C32H37N5O3S. The summed E-state index contributed by atoms with van der Waals surface area (Å²) in [5.41, 5.74) is 9.20. The van der Waals surface area contributed by atoms with Crippen LogP contribution in [-0.2, 0) is 15.6 Å². The number of pyridine rings is 1. The second-order valence-corrected chi connectivity index (χ2v) is 13.7. The molecule has 2 fully saturated rings. The molecule has 0 atom stereocenters. The minimum absolute atomic E-state index is 0.0395. The van der Waals surface area contributed by atoms with Crippen molar-refractivity contribution in [1.29, 1.82) is 0 Å². The molecule has 9 heteroatoms. The summed E-state index contributed by atoms with van der Waals surface area (Å²) in [6.07, 6.45) is 10.9. The van der Waals surface area contributed by atoms with Gasteiger partial charge in [-0.05, 0) is 80.2 Å². The quantitative estimate of drug-likeness (QED) is 0.252. The van der Waals surface area contributed by atoms with Gasteiger partial charge < -0.3 is 15.8 Å². The molecule has 4 aromatic rings. The molecule has 0 spiro atoms. The van der Waals surface area contributed by atoms with Crippen LogP contribution < -0.4 is 15.8 Å². The van der Waals surface area contributed by atoms with Gasteiger partial charge >= 0.3 is 0 Å². The van der Waals surface area contributed by atoms with Crippen molar-refractivity contribution < 1.29 is 13.2 Å². The van der Waals surface area contributed by atoms with Crippen molar-refractivity contribution in [2.75, 3.05) is 5.32 Å². The number of nitrogens with zero attached hydrogens (tertiary/aromatic N) is 3. The van der Waals surface area contributed by atoms with Gasteiger partial charge in [-0.3, -0.25) is 0 Å². The van der Waals surface area contributed by atoms with E-state index in [2.05, 4.69) is 15.3 Å². The van der Waals surface area contributed by atoms with Gasteiger partial charge in [-0.1, -0.05) is 43.2 Å². The number of hydrogen-bond donors (Lipinski definition) is 2. The number of sulfone groups is 1. The fraction of sp³-hybridized carbons (Fsp3) is 0.406. The molecule has 0 radical (unpaired) electrons. The van der Waals surface area contributed by atoms with Crippen molar-refractivity contribution in [2.45, 2.75) is 81.4 Å². The molecule has 0 amide bonds. The molecule has 2 heterocycles. The molecule has 0 saturated heterocycles. The highest BCUT2D eigenvalue weighted by molar-refractivity contribution is 7.91. The lowest BCUT2D eigenvalue weighted by Crippen LogP contribution is -2.33. The average Bonchev–Trinajstić information content (AvgIpc) is 3.53. The predicted octanol–water partition coefficient (Wildman–Crippen LogP) is 6.33. The van der Waals surface area contributed by atoms with Crippen LogP contribution in [0.15, 0.2) is 60.9 Å². The maximum atomic E-state index is 13.2. The van der Waals surface area contributed by atoms with Gasteiger partial charge in [0.15, 0.2) is 9.84 Å². The molecule has 214 valence electrons. The summed E-state index contributed by atoms with van der Waals surface area (Å²) in [6, 6.07) is 16.0. The smallest absolute Gasteiger partial charge is 0.228 e. The second kappa shape index (κ2) is 11.7. The van der Waals surface area contributed by atoms with Crippen LogP contribution >= 0.6 is 0 Å². The lowest BCUT2D eigenvalue weighted by Gasteiger charge is -2.26. The Kier molecular flexibility index (Phi) is 7.90. The number of fused-ring (bicyclic) bond motifs is 1. The topological polar surface area (TPSA) is 120 Å². The molecule has 2 aliphatic rings. The van der Waals surface area contributed by atoms with Crippen LogP contribution in [0.25, 0.3) is 22.0 Å². The number of aromatic nitrogens is 3. The number of anilines is 1. The SMILES string of the molecule is Cc1cc(CS(=O)(=O)C2CCCC2)c2ccccc2c1Oc1ncccc1-c1ccnc(NC2CCC(N)CC2)n1. The van der Waals surface area contributed by atoms with Gasteiger partial charge in [-0.15, -0.1) is 0 Å². The van der Waals surface area contributed by atoms with Crippen LogP contribution in [0.5, 0.6) is 11.6 Å². The van der Waals surface area contributed by atoms with E-state index < -0.39 is 9.84 Å². The van der Waals surface area contributed by atoms with E-state index in [1.54, 1.807) is 12.4 Å². The normalized spacial score (nSPS) is 19.9. The number of aryl methyl sites for hydroxylation is 1. The zero-order chi connectivity index (χ0) is 28.4. The summed E-state index contributed by atoms with van der Waals surface area (Å²) in [7, 11) is -3.23. The third kappa shape index (κ3) is 6.06. The van der Waals surface area contributed by atoms with E-state index in [4.69, 9.17) is 15.5 Å². The van der Waals surface area contributed by atoms with Gasteiger partial charge in [0.25, 0.3) is 0 Å². The Bertz CT molecular complexity index is 1640.